The average molecular weight is 257 g/mol. The van der Waals surface area contributed by atoms with Gasteiger partial charge in [-0.1, -0.05) is 29.3 Å². The Balaban J connectivity index is 0.00000256. The molecule has 3 nitrogen and oxygen atoms in total. The fraction of sp³-hybridized carbons (Fsp3) is 0.462. The van der Waals surface area contributed by atoms with Crippen molar-refractivity contribution in [3.05, 3.63) is 34.9 Å². The van der Waals surface area contributed by atoms with Gasteiger partial charge in [0, 0.05) is 0 Å². The monoisotopic (exact) mass is 256 g/mol. The van der Waals surface area contributed by atoms with E-state index < -0.39 is 0 Å². The minimum absolute atomic E-state index is 0. The molecule has 1 aromatic carbocycles. The second kappa shape index (κ2) is 7.30. The van der Waals surface area contributed by atoms with Gasteiger partial charge in [0.15, 0.2) is 0 Å². The Hall–Kier alpha value is -1.06. The van der Waals surface area contributed by atoms with Crippen LogP contribution in [0.2, 0.25) is 0 Å². The molecular formula is C13H21ClN2O. The number of hydrogen-bond acceptors (Lipinski definition) is 2. The number of aryl methyl sites for hydroxylation is 2. The van der Waals surface area contributed by atoms with Crippen molar-refractivity contribution in [1.82, 2.24) is 10.6 Å². The second-order valence-corrected chi connectivity index (χ2v) is 4.24. The molecule has 1 unspecified atom stereocenters. The van der Waals surface area contributed by atoms with Crippen LogP contribution in [0.15, 0.2) is 18.2 Å². The summed E-state index contributed by atoms with van der Waals surface area (Å²) in [4.78, 5) is 11.4. The van der Waals surface area contributed by atoms with E-state index in [-0.39, 0.29) is 24.4 Å². The molecule has 0 spiro atoms. The Kier molecular flexibility index (Phi) is 6.85. The number of nitrogens with one attached hydrogen (secondary N) is 2. The van der Waals surface area contributed by atoms with Gasteiger partial charge in [0.2, 0.25) is 5.91 Å². The van der Waals surface area contributed by atoms with Crippen LogP contribution in [0.4, 0.5) is 0 Å². The summed E-state index contributed by atoms with van der Waals surface area (Å²) in [6, 6.07) is 6.40. The number of benzene rings is 1. The molecule has 0 saturated carbocycles. The lowest BCUT2D eigenvalue weighted by molar-refractivity contribution is -0.120. The summed E-state index contributed by atoms with van der Waals surface area (Å²) in [7, 11) is 1.76. The van der Waals surface area contributed by atoms with Crippen molar-refractivity contribution in [3.63, 3.8) is 0 Å². The first kappa shape index (κ1) is 15.9. The average Bonchev–Trinajstić information content (AvgIpc) is 2.16. The van der Waals surface area contributed by atoms with Gasteiger partial charge >= 0.3 is 0 Å². The third-order valence-corrected chi connectivity index (χ3v) is 2.46. The fourth-order valence-electron chi connectivity index (χ4n) is 1.80. The van der Waals surface area contributed by atoms with Crippen molar-refractivity contribution in [2.24, 2.45) is 0 Å². The summed E-state index contributed by atoms with van der Waals surface area (Å²) in [6.45, 7) is 6.49. The molecule has 0 radical (unpaired) electrons. The van der Waals surface area contributed by atoms with Crippen molar-refractivity contribution in [2.75, 3.05) is 13.6 Å². The van der Waals surface area contributed by atoms with E-state index in [2.05, 4.69) is 42.7 Å². The van der Waals surface area contributed by atoms with Crippen LogP contribution in [-0.4, -0.2) is 19.5 Å². The van der Waals surface area contributed by atoms with Crippen LogP contribution in [0.3, 0.4) is 0 Å². The van der Waals surface area contributed by atoms with E-state index in [0.717, 1.165) is 5.56 Å². The molecule has 1 aromatic rings. The van der Waals surface area contributed by atoms with Crippen molar-refractivity contribution >= 4 is 18.3 Å². The predicted octanol–water partition coefficient (Wildman–Crippen LogP) is 2.12. The van der Waals surface area contributed by atoms with E-state index in [1.807, 2.05) is 6.92 Å². The van der Waals surface area contributed by atoms with E-state index in [0.29, 0.717) is 6.54 Å². The molecule has 96 valence electrons. The van der Waals surface area contributed by atoms with E-state index in [1.165, 1.54) is 11.1 Å². The van der Waals surface area contributed by atoms with Gasteiger partial charge in [-0.25, -0.2) is 0 Å². The molecule has 1 atom stereocenters. The zero-order chi connectivity index (χ0) is 12.1. The van der Waals surface area contributed by atoms with Gasteiger partial charge in [0.25, 0.3) is 0 Å². The van der Waals surface area contributed by atoms with E-state index >= 15 is 0 Å². The lowest BCUT2D eigenvalue weighted by Crippen LogP contribution is -2.33. The molecule has 2 N–H and O–H groups in total. The molecule has 0 heterocycles. The Morgan fingerprint density at radius 1 is 1.24 bits per heavy atom. The van der Waals surface area contributed by atoms with Crippen LogP contribution in [0.25, 0.3) is 0 Å². The molecule has 0 fully saturated rings. The van der Waals surface area contributed by atoms with Crippen molar-refractivity contribution in [1.29, 1.82) is 0 Å². The van der Waals surface area contributed by atoms with E-state index in [9.17, 15) is 4.79 Å². The summed E-state index contributed by atoms with van der Waals surface area (Å²) < 4.78 is 0. The molecular weight excluding hydrogens is 236 g/mol. The molecule has 0 saturated heterocycles. The van der Waals surface area contributed by atoms with Crippen molar-refractivity contribution in [2.45, 2.75) is 26.8 Å². The number of carbonyl (C=O) groups excluding carboxylic acids is 1. The SMILES string of the molecule is CNCC(=O)NC(C)c1cc(C)cc(C)c1.Cl. The van der Waals surface area contributed by atoms with Crippen LogP contribution in [0, 0.1) is 13.8 Å². The molecule has 0 aromatic heterocycles. The molecule has 0 aliphatic carbocycles. The minimum Gasteiger partial charge on any atom is -0.348 e. The fourth-order valence-corrected chi connectivity index (χ4v) is 1.80. The lowest BCUT2D eigenvalue weighted by Gasteiger charge is -2.15. The molecule has 0 bridgehead atoms. The highest BCUT2D eigenvalue weighted by Crippen LogP contribution is 2.16. The maximum absolute atomic E-state index is 11.4. The Labute approximate surface area is 109 Å². The minimum atomic E-state index is 0. The summed E-state index contributed by atoms with van der Waals surface area (Å²) in [5.41, 5.74) is 3.61. The van der Waals surface area contributed by atoms with E-state index in [4.69, 9.17) is 0 Å². The molecule has 17 heavy (non-hydrogen) atoms. The standard InChI is InChI=1S/C13H20N2O.ClH/c1-9-5-10(2)7-12(6-9)11(3)15-13(16)8-14-4;/h5-7,11,14H,8H2,1-4H3,(H,15,16);1H. The Bertz CT molecular complexity index is 359. The topological polar surface area (TPSA) is 41.1 Å². The molecule has 1 rings (SSSR count). The number of rotatable bonds is 4. The highest BCUT2D eigenvalue weighted by Gasteiger charge is 2.09. The Morgan fingerprint density at radius 3 is 2.24 bits per heavy atom. The molecule has 1 amide bonds. The quantitative estimate of drug-likeness (QED) is 0.867. The van der Waals surface area contributed by atoms with Gasteiger partial charge in [-0.05, 0) is 33.4 Å². The van der Waals surface area contributed by atoms with Crippen LogP contribution >= 0.6 is 12.4 Å². The molecule has 0 aliphatic heterocycles. The normalized spacial score (nSPS) is 11.5. The smallest absolute Gasteiger partial charge is 0.234 e. The van der Waals surface area contributed by atoms with Gasteiger partial charge in [0.05, 0.1) is 12.6 Å². The first-order valence-electron chi connectivity index (χ1n) is 5.55. The maximum atomic E-state index is 11.4. The summed E-state index contributed by atoms with van der Waals surface area (Å²) >= 11 is 0. The van der Waals surface area contributed by atoms with Gasteiger partial charge < -0.3 is 10.6 Å². The zero-order valence-corrected chi connectivity index (χ0v) is 11.6. The van der Waals surface area contributed by atoms with Crippen LogP contribution in [-0.2, 0) is 4.79 Å². The van der Waals surface area contributed by atoms with E-state index in [1.54, 1.807) is 7.05 Å². The maximum Gasteiger partial charge on any atom is 0.234 e. The van der Waals surface area contributed by atoms with Gasteiger partial charge in [-0.2, -0.15) is 0 Å². The lowest BCUT2D eigenvalue weighted by atomic mass is 10.0. The number of amides is 1. The third-order valence-electron chi connectivity index (χ3n) is 2.46. The second-order valence-electron chi connectivity index (χ2n) is 4.24. The first-order chi connectivity index (χ1) is 7.52. The number of hydrogen-bond donors (Lipinski definition) is 2. The molecule has 4 heteroatoms. The Morgan fingerprint density at radius 2 is 1.76 bits per heavy atom. The number of halogens is 1. The van der Waals surface area contributed by atoms with Crippen LogP contribution < -0.4 is 10.6 Å². The van der Waals surface area contributed by atoms with Crippen LogP contribution in [0.1, 0.15) is 29.7 Å². The summed E-state index contributed by atoms with van der Waals surface area (Å²) in [5, 5.41) is 5.79. The summed E-state index contributed by atoms with van der Waals surface area (Å²) in [6.07, 6.45) is 0. The van der Waals surface area contributed by atoms with Gasteiger partial charge in [-0.15, -0.1) is 12.4 Å². The largest absolute Gasteiger partial charge is 0.348 e. The van der Waals surface area contributed by atoms with Crippen LogP contribution in [0.5, 0.6) is 0 Å². The highest BCUT2D eigenvalue weighted by atomic mass is 35.5. The highest BCUT2D eigenvalue weighted by molar-refractivity contribution is 5.85. The number of likely N-dealkylation sites (N-methyl/N-ethyl adjacent to an activating group) is 1. The van der Waals surface area contributed by atoms with Crippen molar-refractivity contribution < 1.29 is 4.79 Å². The number of carbonyl (C=O) groups is 1. The first-order valence-corrected chi connectivity index (χ1v) is 5.55. The van der Waals surface area contributed by atoms with Gasteiger partial charge in [0.1, 0.15) is 0 Å². The molecule has 0 aliphatic rings. The summed E-state index contributed by atoms with van der Waals surface area (Å²) in [5.74, 6) is 0.0224. The third kappa shape index (κ3) is 5.20. The van der Waals surface area contributed by atoms with Gasteiger partial charge in [-0.3, -0.25) is 4.79 Å². The van der Waals surface area contributed by atoms with Crippen molar-refractivity contribution in [3.8, 4) is 0 Å². The predicted molar refractivity (Wildman–Crippen MR) is 73.6 cm³/mol. The zero-order valence-electron chi connectivity index (χ0n) is 10.8.